The van der Waals surface area contributed by atoms with Crippen molar-refractivity contribution in [1.29, 1.82) is 0 Å². The molecule has 0 atom stereocenters. The summed E-state index contributed by atoms with van der Waals surface area (Å²) in [6.07, 6.45) is 1.59. The zero-order valence-corrected chi connectivity index (χ0v) is 18.5. The minimum absolute atomic E-state index is 0.231. The molecule has 10 nitrogen and oxygen atoms in total. The second-order valence-corrected chi connectivity index (χ2v) is 7.91. The van der Waals surface area contributed by atoms with Crippen LogP contribution in [0.3, 0.4) is 0 Å². The van der Waals surface area contributed by atoms with E-state index in [2.05, 4.69) is 25.4 Å². The van der Waals surface area contributed by atoms with Gasteiger partial charge in [0.05, 0.1) is 13.2 Å². The lowest BCUT2D eigenvalue weighted by molar-refractivity contribution is 0.102. The molecule has 1 fully saturated rings. The van der Waals surface area contributed by atoms with Crippen LogP contribution in [0.5, 0.6) is 0 Å². The third kappa shape index (κ3) is 4.33. The molecular formula is C23H24N8O2. The first kappa shape index (κ1) is 20.8. The van der Waals surface area contributed by atoms with Gasteiger partial charge in [0, 0.05) is 50.3 Å². The third-order valence-corrected chi connectivity index (χ3v) is 5.46. The zero-order chi connectivity index (χ0) is 22.8. The molecule has 1 saturated heterocycles. The van der Waals surface area contributed by atoms with Gasteiger partial charge in [0.2, 0.25) is 5.82 Å². The number of hydrogen-bond donors (Lipinski definition) is 1. The number of pyridine rings is 1. The topological polar surface area (TPSA) is 101 Å². The normalized spacial score (nSPS) is 13.8. The van der Waals surface area contributed by atoms with Gasteiger partial charge in [0.25, 0.3) is 5.91 Å². The number of hydrogen-bond acceptors (Lipinski definition) is 8. The number of fused-ring (bicyclic) bond motifs is 1. The molecule has 4 heterocycles. The van der Waals surface area contributed by atoms with Crippen molar-refractivity contribution in [2.45, 2.75) is 0 Å². The molecule has 0 saturated carbocycles. The van der Waals surface area contributed by atoms with Crippen LogP contribution in [0.4, 0.5) is 17.2 Å². The number of benzene rings is 1. The highest BCUT2D eigenvalue weighted by Crippen LogP contribution is 2.21. The summed E-state index contributed by atoms with van der Waals surface area (Å²) in [5.41, 5.74) is 3.31. The molecule has 0 radical (unpaired) electrons. The Bertz CT molecular complexity index is 1300. The monoisotopic (exact) mass is 444 g/mol. The van der Waals surface area contributed by atoms with Gasteiger partial charge in [-0.05, 0) is 42.5 Å². The highest BCUT2D eigenvalue weighted by Gasteiger charge is 2.17. The van der Waals surface area contributed by atoms with Crippen LogP contribution in [0, 0.1) is 0 Å². The van der Waals surface area contributed by atoms with Crippen molar-refractivity contribution >= 4 is 28.7 Å². The SMILES string of the molecule is CN(C)c1cccc(NC(=O)c2ccnc(-c3nnc4ccc(N5CCOCC5)nn34)c2)c1. The van der Waals surface area contributed by atoms with E-state index in [0.29, 0.717) is 41.6 Å². The smallest absolute Gasteiger partial charge is 0.255 e. The minimum atomic E-state index is -0.231. The number of aromatic nitrogens is 5. The first-order valence-corrected chi connectivity index (χ1v) is 10.7. The van der Waals surface area contributed by atoms with Gasteiger partial charge in [-0.25, -0.2) is 0 Å². The number of carbonyl (C=O) groups excluding carboxylic acids is 1. The van der Waals surface area contributed by atoms with Gasteiger partial charge >= 0.3 is 0 Å². The lowest BCUT2D eigenvalue weighted by Crippen LogP contribution is -2.37. The molecule has 5 rings (SSSR count). The van der Waals surface area contributed by atoms with E-state index in [0.717, 1.165) is 24.6 Å². The largest absolute Gasteiger partial charge is 0.378 e. The van der Waals surface area contributed by atoms with Crippen molar-refractivity contribution in [2.24, 2.45) is 0 Å². The molecule has 168 valence electrons. The van der Waals surface area contributed by atoms with Gasteiger partial charge in [-0.2, -0.15) is 4.52 Å². The third-order valence-electron chi connectivity index (χ3n) is 5.46. The average molecular weight is 444 g/mol. The standard InChI is InChI=1S/C23H24N8O2/c1-29(2)18-5-3-4-17(15-18)25-23(32)16-8-9-24-19(14-16)22-27-26-20-6-7-21(28-31(20)22)30-10-12-33-13-11-30/h3-9,14-15H,10-13H2,1-2H3,(H,25,32). The Morgan fingerprint density at radius 1 is 1.06 bits per heavy atom. The fourth-order valence-electron chi connectivity index (χ4n) is 3.66. The molecule has 0 spiro atoms. The van der Waals surface area contributed by atoms with Crippen molar-refractivity contribution in [3.8, 4) is 11.5 Å². The van der Waals surface area contributed by atoms with Crippen LogP contribution in [0.2, 0.25) is 0 Å². The van der Waals surface area contributed by atoms with Gasteiger partial charge < -0.3 is 19.9 Å². The van der Waals surface area contributed by atoms with E-state index < -0.39 is 0 Å². The summed E-state index contributed by atoms with van der Waals surface area (Å²) in [6, 6.07) is 14.8. The number of anilines is 3. The van der Waals surface area contributed by atoms with E-state index in [1.54, 1.807) is 22.8 Å². The number of ether oxygens (including phenoxy) is 1. The van der Waals surface area contributed by atoms with E-state index in [-0.39, 0.29) is 5.91 Å². The summed E-state index contributed by atoms with van der Waals surface area (Å²) in [4.78, 5) is 21.5. The van der Waals surface area contributed by atoms with E-state index in [1.165, 1.54) is 0 Å². The van der Waals surface area contributed by atoms with Crippen molar-refractivity contribution in [3.63, 3.8) is 0 Å². The van der Waals surface area contributed by atoms with Gasteiger partial charge in [0.1, 0.15) is 11.5 Å². The number of amides is 1. The van der Waals surface area contributed by atoms with Crippen molar-refractivity contribution in [2.75, 3.05) is 55.5 Å². The molecule has 0 unspecified atom stereocenters. The molecule has 4 aromatic rings. The molecule has 1 aromatic carbocycles. The molecule has 1 aliphatic rings. The molecule has 0 aliphatic carbocycles. The van der Waals surface area contributed by atoms with Crippen molar-refractivity contribution < 1.29 is 9.53 Å². The maximum atomic E-state index is 12.9. The predicted octanol–water partition coefficient (Wildman–Crippen LogP) is 2.34. The van der Waals surface area contributed by atoms with E-state index >= 15 is 0 Å². The summed E-state index contributed by atoms with van der Waals surface area (Å²) in [5, 5.41) is 16.2. The summed E-state index contributed by atoms with van der Waals surface area (Å²) in [6.45, 7) is 2.90. The number of nitrogens with one attached hydrogen (secondary N) is 1. The number of rotatable bonds is 5. The molecule has 10 heteroatoms. The highest BCUT2D eigenvalue weighted by molar-refractivity contribution is 6.04. The molecule has 1 N–H and O–H groups in total. The van der Waals surface area contributed by atoms with Crippen LogP contribution in [0.15, 0.2) is 54.7 Å². The van der Waals surface area contributed by atoms with Gasteiger partial charge in [0.15, 0.2) is 5.65 Å². The number of nitrogens with zero attached hydrogens (tertiary/aromatic N) is 7. The summed E-state index contributed by atoms with van der Waals surface area (Å²) >= 11 is 0. The van der Waals surface area contributed by atoms with Crippen LogP contribution < -0.4 is 15.1 Å². The van der Waals surface area contributed by atoms with Crippen LogP contribution in [0.25, 0.3) is 17.2 Å². The molecule has 0 bridgehead atoms. The maximum absolute atomic E-state index is 12.9. The Morgan fingerprint density at radius 3 is 2.73 bits per heavy atom. The Kier molecular flexibility index (Phi) is 5.57. The molecule has 1 amide bonds. The Labute approximate surface area is 190 Å². The fourth-order valence-corrected chi connectivity index (χ4v) is 3.66. The van der Waals surface area contributed by atoms with E-state index in [4.69, 9.17) is 9.84 Å². The van der Waals surface area contributed by atoms with E-state index in [1.807, 2.05) is 55.4 Å². The Hall–Kier alpha value is -4.05. The highest BCUT2D eigenvalue weighted by atomic mass is 16.5. The second kappa shape index (κ2) is 8.83. The van der Waals surface area contributed by atoms with Crippen molar-refractivity contribution in [3.05, 3.63) is 60.3 Å². The first-order chi connectivity index (χ1) is 16.1. The number of carbonyl (C=O) groups is 1. The molecular weight excluding hydrogens is 420 g/mol. The molecule has 1 aliphatic heterocycles. The zero-order valence-electron chi connectivity index (χ0n) is 18.5. The first-order valence-electron chi connectivity index (χ1n) is 10.7. The lowest BCUT2D eigenvalue weighted by Gasteiger charge is -2.27. The average Bonchev–Trinajstić information content (AvgIpc) is 3.28. The molecule has 33 heavy (non-hydrogen) atoms. The van der Waals surface area contributed by atoms with Crippen molar-refractivity contribution in [1.82, 2.24) is 24.8 Å². The van der Waals surface area contributed by atoms with Crippen LogP contribution >= 0.6 is 0 Å². The van der Waals surface area contributed by atoms with Crippen LogP contribution in [-0.2, 0) is 4.74 Å². The Morgan fingerprint density at radius 2 is 1.91 bits per heavy atom. The summed E-state index contributed by atoms with van der Waals surface area (Å²) < 4.78 is 7.09. The summed E-state index contributed by atoms with van der Waals surface area (Å²) in [7, 11) is 3.91. The predicted molar refractivity (Wildman–Crippen MR) is 126 cm³/mol. The lowest BCUT2D eigenvalue weighted by atomic mass is 10.2. The van der Waals surface area contributed by atoms with Crippen LogP contribution in [-0.4, -0.2) is 71.1 Å². The Balaban J connectivity index is 1.43. The minimum Gasteiger partial charge on any atom is -0.378 e. The van der Waals surface area contributed by atoms with Crippen LogP contribution in [0.1, 0.15) is 10.4 Å². The quantitative estimate of drug-likeness (QED) is 0.501. The fraction of sp³-hybridized carbons (Fsp3) is 0.261. The number of morpholine rings is 1. The second-order valence-electron chi connectivity index (χ2n) is 7.91. The molecule has 3 aromatic heterocycles. The van der Waals surface area contributed by atoms with E-state index in [9.17, 15) is 4.79 Å². The van der Waals surface area contributed by atoms with Gasteiger partial charge in [-0.1, -0.05) is 6.07 Å². The maximum Gasteiger partial charge on any atom is 0.255 e. The van der Waals surface area contributed by atoms with Gasteiger partial charge in [-0.15, -0.1) is 15.3 Å². The van der Waals surface area contributed by atoms with Gasteiger partial charge in [-0.3, -0.25) is 9.78 Å². The summed E-state index contributed by atoms with van der Waals surface area (Å²) in [5.74, 6) is 1.07.